The van der Waals surface area contributed by atoms with E-state index >= 15 is 0 Å². The molecule has 3 aromatic heterocycles. The molecule has 27 heavy (non-hydrogen) atoms. The minimum atomic E-state index is -0.272. The van der Waals surface area contributed by atoms with Crippen LogP contribution >= 0.6 is 11.3 Å². The Bertz CT molecular complexity index is 985. The van der Waals surface area contributed by atoms with Crippen molar-refractivity contribution in [1.29, 1.82) is 0 Å². The second-order valence-corrected chi connectivity index (χ2v) is 7.61. The Morgan fingerprint density at radius 1 is 1.37 bits per heavy atom. The van der Waals surface area contributed by atoms with Gasteiger partial charge in [0.25, 0.3) is 5.56 Å². The van der Waals surface area contributed by atoms with Gasteiger partial charge in [0, 0.05) is 36.7 Å². The van der Waals surface area contributed by atoms with Gasteiger partial charge in [-0.3, -0.25) is 9.59 Å². The number of rotatable bonds is 4. The van der Waals surface area contributed by atoms with Crippen LogP contribution in [0, 0.1) is 6.92 Å². The molecule has 4 rings (SSSR count). The lowest BCUT2D eigenvalue weighted by Gasteiger charge is -2.32. The van der Waals surface area contributed by atoms with Crippen LogP contribution in [0.3, 0.4) is 0 Å². The Labute approximate surface area is 160 Å². The van der Waals surface area contributed by atoms with E-state index in [-0.39, 0.29) is 17.4 Å². The quantitative estimate of drug-likeness (QED) is 0.747. The van der Waals surface area contributed by atoms with E-state index < -0.39 is 0 Å². The highest BCUT2D eigenvalue weighted by molar-refractivity contribution is 7.08. The molecule has 0 atom stereocenters. The number of likely N-dealkylation sites (tertiary alicyclic amines) is 1. The van der Waals surface area contributed by atoms with Crippen LogP contribution in [0.1, 0.15) is 35.7 Å². The van der Waals surface area contributed by atoms with E-state index in [4.69, 9.17) is 4.52 Å². The molecule has 1 aliphatic rings. The molecular formula is C19H20N4O3S. The maximum absolute atomic E-state index is 12.5. The summed E-state index contributed by atoms with van der Waals surface area (Å²) < 4.78 is 5.35. The number of hydrogen-bond acceptors (Lipinski definition) is 6. The number of carbonyl (C=O) groups excluding carboxylic acids is 1. The number of aromatic amines is 1. The monoisotopic (exact) mass is 384 g/mol. The molecule has 7 nitrogen and oxygen atoms in total. The van der Waals surface area contributed by atoms with Gasteiger partial charge in [0.1, 0.15) is 0 Å². The largest absolute Gasteiger partial charge is 0.356 e. The number of nitrogens with zero attached hydrogens (tertiary/aromatic N) is 3. The standard InChI is InChI=1S/C19H20N4O3S/c1-12-8-16(26-22-12)15-10-17(24)20-21-19(15)14-2-5-23(6-3-14)18(25)9-13-4-7-27-11-13/h4,7-8,10-11,14H,2-3,5-6,9H2,1H3,(H,20,24). The van der Waals surface area contributed by atoms with E-state index in [9.17, 15) is 9.59 Å². The van der Waals surface area contributed by atoms with E-state index in [1.165, 1.54) is 6.07 Å². The van der Waals surface area contributed by atoms with Crippen molar-refractivity contribution < 1.29 is 9.32 Å². The fourth-order valence-corrected chi connectivity index (χ4v) is 4.16. The van der Waals surface area contributed by atoms with Crippen molar-refractivity contribution in [1.82, 2.24) is 20.3 Å². The summed E-state index contributed by atoms with van der Waals surface area (Å²) >= 11 is 1.61. The molecule has 4 heterocycles. The predicted octanol–water partition coefficient (Wildman–Crippen LogP) is 2.74. The van der Waals surface area contributed by atoms with Gasteiger partial charge in [0.15, 0.2) is 5.76 Å². The first-order chi connectivity index (χ1) is 13.1. The van der Waals surface area contributed by atoms with Crippen molar-refractivity contribution in [2.45, 2.75) is 32.1 Å². The normalized spacial score (nSPS) is 15.2. The molecule has 0 radical (unpaired) electrons. The molecule has 0 saturated carbocycles. The third-order valence-corrected chi connectivity index (χ3v) is 5.63. The number of hydrogen-bond donors (Lipinski definition) is 1. The van der Waals surface area contributed by atoms with Gasteiger partial charge in [-0.15, -0.1) is 0 Å². The summed E-state index contributed by atoms with van der Waals surface area (Å²) in [5.74, 6) is 0.872. The highest BCUT2D eigenvalue weighted by atomic mass is 32.1. The van der Waals surface area contributed by atoms with Gasteiger partial charge in [-0.05, 0) is 42.2 Å². The summed E-state index contributed by atoms with van der Waals surface area (Å²) in [6.07, 6.45) is 2.05. The van der Waals surface area contributed by atoms with Crippen molar-refractivity contribution >= 4 is 17.2 Å². The Balaban J connectivity index is 1.48. The van der Waals surface area contributed by atoms with Gasteiger partial charge >= 0.3 is 0 Å². The van der Waals surface area contributed by atoms with Gasteiger partial charge in [-0.1, -0.05) is 5.16 Å². The molecule has 1 amide bonds. The van der Waals surface area contributed by atoms with E-state index in [0.717, 1.165) is 29.8 Å². The van der Waals surface area contributed by atoms with Gasteiger partial charge in [-0.2, -0.15) is 16.4 Å². The van der Waals surface area contributed by atoms with Crippen molar-refractivity contribution in [2.75, 3.05) is 13.1 Å². The zero-order valence-electron chi connectivity index (χ0n) is 15.0. The van der Waals surface area contributed by atoms with Crippen molar-refractivity contribution in [2.24, 2.45) is 0 Å². The number of nitrogens with one attached hydrogen (secondary N) is 1. The zero-order valence-corrected chi connectivity index (χ0v) is 15.8. The third kappa shape index (κ3) is 3.85. The molecule has 1 aliphatic heterocycles. The molecule has 140 valence electrons. The molecule has 0 bridgehead atoms. The molecule has 1 N–H and O–H groups in total. The predicted molar refractivity (Wildman–Crippen MR) is 102 cm³/mol. The third-order valence-electron chi connectivity index (χ3n) is 4.90. The molecule has 8 heteroatoms. The van der Waals surface area contributed by atoms with Gasteiger partial charge < -0.3 is 9.42 Å². The summed E-state index contributed by atoms with van der Waals surface area (Å²) in [6, 6.07) is 5.31. The first kappa shape index (κ1) is 17.7. The molecule has 1 saturated heterocycles. The van der Waals surface area contributed by atoms with E-state index in [2.05, 4.69) is 15.4 Å². The lowest BCUT2D eigenvalue weighted by atomic mass is 9.90. The lowest BCUT2D eigenvalue weighted by molar-refractivity contribution is -0.131. The van der Waals surface area contributed by atoms with Crippen LogP contribution in [0.15, 0.2) is 38.3 Å². The number of aromatic nitrogens is 3. The Morgan fingerprint density at radius 2 is 2.19 bits per heavy atom. The van der Waals surface area contributed by atoms with Crippen molar-refractivity contribution in [3.05, 3.63) is 56.3 Å². The van der Waals surface area contributed by atoms with Crippen molar-refractivity contribution in [3.8, 4) is 11.3 Å². The van der Waals surface area contributed by atoms with Crippen LogP contribution in [0.5, 0.6) is 0 Å². The maximum Gasteiger partial charge on any atom is 0.264 e. The highest BCUT2D eigenvalue weighted by Crippen LogP contribution is 2.33. The zero-order chi connectivity index (χ0) is 18.8. The summed E-state index contributed by atoms with van der Waals surface area (Å²) in [5.41, 5.74) is 3.03. The second kappa shape index (κ2) is 7.48. The minimum absolute atomic E-state index is 0.160. The Morgan fingerprint density at radius 3 is 2.85 bits per heavy atom. The molecular weight excluding hydrogens is 364 g/mol. The van der Waals surface area contributed by atoms with Gasteiger partial charge in [0.2, 0.25) is 5.91 Å². The van der Waals surface area contributed by atoms with Crippen LogP contribution < -0.4 is 5.56 Å². The molecule has 0 spiro atoms. The summed E-state index contributed by atoms with van der Waals surface area (Å²) in [7, 11) is 0. The average Bonchev–Trinajstić information content (AvgIpc) is 3.33. The minimum Gasteiger partial charge on any atom is -0.356 e. The van der Waals surface area contributed by atoms with Gasteiger partial charge in [-0.25, -0.2) is 5.10 Å². The molecule has 3 aromatic rings. The van der Waals surface area contributed by atoms with E-state index in [1.807, 2.05) is 28.7 Å². The first-order valence-electron chi connectivity index (χ1n) is 8.92. The summed E-state index contributed by atoms with van der Waals surface area (Å²) in [6.45, 7) is 3.21. The molecule has 0 aromatic carbocycles. The smallest absolute Gasteiger partial charge is 0.264 e. The average molecular weight is 384 g/mol. The number of carbonyl (C=O) groups is 1. The lowest BCUT2D eigenvalue weighted by Crippen LogP contribution is -2.39. The summed E-state index contributed by atoms with van der Waals surface area (Å²) in [5, 5.41) is 14.7. The number of aryl methyl sites for hydroxylation is 1. The van der Waals surface area contributed by atoms with Crippen LogP contribution in [0.2, 0.25) is 0 Å². The summed E-state index contributed by atoms with van der Waals surface area (Å²) in [4.78, 5) is 26.2. The van der Waals surface area contributed by atoms with Gasteiger partial charge in [0.05, 0.1) is 17.8 Å². The number of thiophene rings is 1. The molecule has 0 aliphatic carbocycles. The van der Waals surface area contributed by atoms with E-state index in [0.29, 0.717) is 30.8 Å². The fourth-order valence-electron chi connectivity index (χ4n) is 3.49. The Hall–Kier alpha value is -2.74. The molecule has 0 unspecified atom stereocenters. The van der Waals surface area contributed by atoms with E-state index in [1.54, 1.807) is 17.4 Å². The Kier molecular flexibility index (Phi) is 4.89. The number of piperidine rings is 1. The second-order valence-electron chi connectivity index (χ2n) is 6.83. The first-order valence-corrected chi connectivity index (χ1v) is 9.86. The number of amides is 1. The van der Waals surface area contributed by atoms with Crippen LogP contribution in [0.25, 0.3) is 11.3 Å². The van der Waals surface area contributed by atoms with Crippen LogP contribution in [-0.4, -0.2) is 39.3 Å². The topological polar surface area (TPSA) is 92.1 Å². The fraction of sp³-hybridized carbons (Fsp3) is 0.368. The van der Waals surface area contributed by atoms with Crippen molar-refractivity contribution in [3.63, 3.8) is 0 Å². The molecule has 1 fully saturated rings. The highest BCUT2D eigenvalue weighted by Gasteiger charge is 2.27. The van der Waals surface area contributed by atoms with Crippen LogP contribution in [-0.2, 0) is 11.2 Å². The SMILES string of the molecule is Cc1cc(-c2cc(=O)[nH]nc2C2CCN(C(=O)Cc3ccsc3)CC2)on1. The number of H-pyrrole nitrogens is 1. The van der Waals surface area contributed by atoms with Crippen LogP contribution in [0.4, 0.5) is 0 Å². The maximum atomic E-state index is 12.5.